The molecule has 1 aromatic heterocycles. The smallest absolute Gasteiger partial charge is 0.243 e. The fraction of sp³-hybridized carbons (Fsp3) is 0.867. The van der Waals surface area contributed by atoms with Gasteiger partial charge in [0.2, 0.25) is 5.89 Å². The van der Waals surface area contributed by atoms with E-state index in [-0.39, 0.29) is 6.04 Å². The van der Waals surface area contributed by atoms with Gasteiger partial charge >= 0.3 is 0 Å². The minimum atomic E-state index is 0.264. The minimum Gasteiger partial charge on any atom is -0.338 e. The van der Waals surface area contributed by atoms with Gasteiger partial charge in [-0.15, -0.1) is 0 Å². The molecule has 1 aliphatic carbocycles. The third kappa shape index (κ3) is 3.76. The highest BCUT2D eigenvalue weighted by Crippen LogP contribution is 2.30. The van der Waals surface area contributed by atoms with Crippen LogP contribution >= 0.6 is 11.8 Å². The van der Waals surface area contributed by atoms with Gasteiger partial charge in [0.15, 0.2) is 5.82 Å². The van der Waals surface area contributed by atoms with Gasteiger partial charge in [-0.05, 0) is 38.1 Å². The predicted octanol–water partition coefficient (Wildman–Crippen LogP) is 3.70. The van der Waals surface area contributed by atoms with Gasteiger partial charge in [0.25, 0.3) is 0 Å². The Balaban J connectivity index is 1.51. The van der Waals surface area contributed by atoms with Gasteiger partial charge in [-0.2, -0.15) is 16.7 Å². The first-order chi connectivity index (χ1) is 9.81. The summed E-state index contributed by atoms with van der Waals surface area (Å²) in [5.74, 6) is 3.30. The number of aromatic nitrogens is 2. The number of rotatable bonds is 4. The van der Waals surface area contributed by atoms with Crippen LogP contribution in [0, 0.1) is 5.92 Å². The Morgan fingerprint density at radius 3 is 2.90 bits per heavy atom. The van der Waals surface area contributed by atoms with E-state index >= 15 is 0 Å². The van der Waals surface area contributed by atoms with E-state index in [2.05, 4.69) is 22.4 Å². The number of nitrogens with zero attached hydrogens (tertiary/aromatic N) is 2. The van der Waals surface area contributed by atoms with Crippen LogP contribution < -0.4 is 5.32 Å². The summed E-state index contributed by atoms with van der Waals surface area (Å²) in [6.07, 6.45) is 9.26. The number of nitrogens with one attached hydrogen (secondary N) is 1. The summed E-state index contributed by atoms with van der Waals surface area (Å²) in [6, 6.07) is 0.264. The molecule has 0 radical (unpaired) electrons. The Morgan fingerprint density at radius 2 is 2.10 bits per heavy atom. The predicted molar refractivity (Wildman–Crippen MR) is 81.6 cm³/mol. The van der Waals surface area contributed by atoms with E-state index in [4.69, 9.17) is 4.52 Å². The molecule has 1 N–H and O–H groups in total. The molecule has 2 atom stereocenters. The van der Waals surface area contributed by atoms with Gasteiger partial charge in [0.05, 0.1) is 11.8 Å². The molecule has 0 bridgehead atoms. The summed E-state index contributed by atoms with van der Waals surface area (Å²) in [6.45, 7) is 3.35. The molecular formula is C15H25N3OS. The van der Waals surface area contributed by atoms with Crippen molar-refractivity contribution in [3.8, 4) is 0 Å². The molecule has 0 amide bonds. The molecule has 2 unspecified atom stereocenters. The van der Waals surface area contributed by atoms with Crippen LogP contribution in [0.3, 0.4) is 0 Å². The first kappa shape index (κ1) is 14.4. The highest BCUT2D eigenvalue weighted by molar-refractivity contribution is 7.99. The lowest BCUT2D eigenvalue weighted by molar-refractivity contribution is 0.259. The van der Waals surface area contributed by atoms with Crippen molar-refractivity contribution in [1.82, 2.24) is 15.5 Å². The van der Waals surface area contributed by atoms with E-state index in [0.717, 1.165) is 41.6 Å². The molecule has 20 heavy (non-hydrogen) atoms. The van der Waals surface area contributed by atoms with Gasteiger partial charge < -0.3 is 9.84 Å². The van der Waals surface area contributed by atoms with Crippen molar-refractivity contribution >= 4 is 11.8 Å². The summed E-state index contributed by atoms with van der Waals surface area (Å²) in [4.78, 5) is 4.59. The summed E-state index contributed by atoms with van der Waals surface area (Å²) >= 11 is 2.01. The SMILES string of the molecule is CC1CCNC(c2nc(CSC3CCCCC3)no2)C1. The first-order valence-corrected chi connectivity index (χ1v) is 9.03. The summed E-state index contributed by atoms with van der Waals surface area (Å²) < 4.78 is 5.46. The van der Waals surface area contributed by atoms with E-state index < -0.39 is 0 Å². The van der Waals surface area contributed by atoms with Crippen LogP contribution in [-0.4, -0.2) is 21.9 Å². The molecule has 3 rings (SSSR count). The van der Waals surface area contributed by atoms with Gasteiger partial charge in [-0.3, -0.25) is 0 Å². The van der Waals surface area contributed by atoms with Crippen molar-refractivity contribution in [3.63, 3.8) is 0 Å². The lowest BCUT2D eigenvalue weighted by Crippen LogP contribution is -2.30. The summed E-state index contributed by atoms with van der Waals surface area (Å²) in [7, 11) is 0. The van der Waals surface area contributed by atoms with Crippen molar-refractivity contribution in [2.45, 2.75) is 68.9 Å². The molecule has 112 valence electrons. The monoisotopic (exact) mass is 295 g/mol. The molecular weight excluding hydrogens is 270 g/mol. The Labute approximate surface area is 125 Å². The zero-order valence-corrected chi connectivity index (χ0v) is 13.1. The van der Waals surface area contributed by atoms with E-state index in [9.17, 15) is 0 Å². The number of thioether (sulfide) groups is 1. The van der Waals surface area contributed by atoms with E-state index in [1.807, 2.05) is 11.8 Å². The largest absolute Gasteiger partial charge is 0.338 e. The standard InChI is InChI=1S/C15H25N3OS/c1-11-7-8-16-13(9-11)15-17-14(18-19-15)10-20-12-5-3-2-4-6-12/h11-13,16H,2-10H2,1H3. The Bertz CT molecular complexity index is 417. The van der Waals surface area contributed by atoms with Crippen LogP contribution in [0.15, 0.2) is 4.52 Å². The van der Waals surface area contributed by atoms with E-state index in [0.29, 0.717) is 0 Å². The first-order valence-electron chi connectivity index (χ1n) is 7.98. The van der Waals surface area contributed by atoms with Gasteiger partial charge in [0, 0.05) is 5.25 Å². The van der Waals surface area contributed by atoms with Crippen LogP contribution in [0.5, 0.6) is 0 Å². The third-order valence-electron chi connectivity index (χ3n) is 4.45. The third-order valence-corrected chi connectivity index (χ3v) is 5.82. The molecule has 0 spiro atoms. The van der Waals surface area contributed by atoms with Crippen molar-refractivity contribution in [2.24, 2.45) is 5.92 Å². The topological polar surface area (TPSA) is 51.0 Å². The fourth-order valence-electron chi connectivity index (χ4n) is 3.19. The van der Waals surface area contributed by atoms with Crippen molar-refractivity contribution in [3.05, 3.63) is 11.7 Å². The number of piperidine rings is 1. The number of hydrogen-bond acceptors (Lipinski definition) is 5. The molecule has 4 nitrogen and oxygen atoms in total. The Morgan fingerprint density at radius 1 is 1.25 bits per heavy atom. The summed E-state index contributed by atoms with van der Waals surface area (Å²) in [5, 5.41) is 8.44. The molecule has 1 saturated heterocycles. The maximum Gasteiger partial charge on any atom is 0.243 e. The second kappa shape index (κ2) is 6.94. The average molecular weight is 295 g/mol. The van der Waals surface area contributed by atoms with Crippen molar-refractivity contribution < 1.29 is 4.52 Å². The fourth-order valence-corrected chi connectivity index (χ4v) is 4.36. The van der Waals surface area contributed by atoms with Crippen LogP contribution in [0.1, 0.15) is 69.6 Å². The van der Waals surface area contributed by atoms with Crippen LogP contribution in [0.2, 0.25) is 0 Å². The van der Waals surface area contributed by atoms with Crippen LogP contribution in [0.25, 0.3) is 0 Å². The molecule has 2 heterocycles. The summed E-state index contributed by atoms with van der Waals surface area (Å²) in [5.41, 5.74) is 0. The quantitative estimate of drug-likeness (QED) is 0.918. The molecule has 5 heteroatoms. The van der Waals surface area contributed by atoms with E-state index in [1.165, 1.54) is 38.5 Å². The minimum absolute atomic E-state index is 0.264. The zero-order valence-electron chi connectivity index (χ0n) is 12.3. The highest BCUT2D eigenvalue weighted by atomic mass is 32.2. The van der Waals surface area contributed by atoms with Crippen LogP contribution in [0.4, 0.5) is 0 Å². The van der Waals surface area contributed by atoms with Gasteiger partial charge in [-0.25, -0.2) is 0 Å². The maximum atomic E-state index is 5.46. The molecule has 1 aromatic rings. The van der Waals surface area contributed by atoms with Gasteiger partial charge in [-0.1, -0.05) is 31.3 Å². The van der Waals surface area contributed by atoms with E-state index in [1.54, 1.807) is 0 Å². The molecule has 0 aromatic carbocycles. The average Bonchev–Trinajstić information content (AvgIpc) is 2.95. The Kier molecular flexibility index (Phi) is 4.99. The highest BCUT2D eigenvalue weighted by Gasteiger charge is 2.25. The van der Waals surface area contributed by atoms with Crippen molar-refractivity contribution in [2.75, 3.05) is 6.54 Å². The normalized spacial score (nSPS) is 28.6. The van der Waals surface area contributed by atoms with Crippen molar-refractivity contribution in [1.29, 1.82) is 0 Å². The second-order valence-corrected chi connectivity index (χ2v) is 7.54. The number of hydrogen-bond donors (Lipinski definition) is 1. The lowest BCUT2D eigenvalue weighted by Gasteiger charge is -2.25. The molecule has 1 saturated carbocycles. The molecule has 1 aliphatic heterocycles. The second-order valence-electron chi connectivity index (χ2n) is 6.26. The zero-order chi connectivity index (χ0) is 13.8. The molecule has 2 fully saturated rings. The maximum absolute atomic E-state index is 5.46. The van der Waals surface area contributed by atoms with Crippen LogP contribution in [-0.2, 0) is 5.75 Å². The Hall–Kier alpha value is -0.550. The van der Waals surface area contributed by atoms with Gasteiger partial charge in [0.1, 0.15) is 0 Å². The molecule has 2 aliphatic rings. The lowest BCUT2D eigenvalue weighted by atomic mass is 9.94.